The van der Waals surface area contributed by atoms with E-state index in [1.165, 1.54) is 0 Å². The van der Waals surface area contributed by atoms with Gasteiger partial charge in [0.2, 0.25) is 0 Å². The molecule has 0 fully saturated rings. The van der Waals surface area contributed by atoms with Gasteiger partial charge in [-0.05, 0) is 42.5 Å². The van der Waals surface area contributed by atoms with Gasteiger partial charge < -0.3 is 15.6 Å². The molecule has 0 spiro atoms. The Morgan fingerprint density at radius 1 is 0.900 bits per heavy atom. The van der Waals surface area contributed by atoms with Crippen LogP contribution in [-0.4, -0.2) is 16.8 Å². The van der Waals surface area contributed by atoms with Gasteiger partial charge in [0.1, 0.15) is 5.70 Å². The highest BCUT2D eigenvalue weighted by atomic mass is 79.9. The van der Waals surface area contributed by atoms with Crippen LogP contribution in [0.25, 0.3) is 17.0 Å². The van der Waals surface area contributed by atoms with E-state index < -0.39 is 5.91 Å². The monoisotopic (exact) mass is 459 g/mol. The first-order valence-corrected chi connectivity index (χ1v) is 10.1. The van der Waals surface area contributed by atoms with Crippen LogP contribution >= 0.6 is 15.9 Å². The maximum Gasteiger partial charge on any atom is 0.272 e. The molecule has 0 aliphatic heterocycles. The van der Waals surface area contributed by atoms with E-state index in [1.807, 2.05) is 48.7 Å². The van der Waals surface area contributed by atoms with E-state index >= 15 is 0 Å². The summed E-state index contributed by atoms with van der Waals surface area (Å²) in [7, 11) is 0. The van der Waals surface area contributed by atoms with Crippen LogP contribution in [0.1, 0.15) is 15.9 Å². The van der Waals surface area contributed by atoms with Crippen LogP contribution < -0.4 is 10.6 Å². The lowest BCUT2D eigenvalue weighted by Crippen LogP contribution is -2.30. The predicted octanol–water partition coefficient (Wildman–Crippen LogP) is 5.34. The SMILES string of the molecule is O=C(Nc1cccc(Br)c1)C(=Cc1c[nH]c2ccccc12)NC(=O)c1ccccc1. The lowest BCUT2D eigenvalue weighted by molar-refractivity contribution is -0.113. The highest BCUT2D eigenvalue weighted by Crippen LogP contribution is 2.21. The third-order valence-corrected chi connectivity index (χ3v) is 5.03. The number of carbonyl (C=O) groups excluding carboxylic acids is 2. The molecule has 0 saturated carbocycles. The van der Waals surface area contributed by atoms with E-state index in [0.717, 1.165) is 20.9 Å². The Bertz CT molecular complexity index is 1250. The van der Waals surface area contributed by atoms with Crippen LogP contribution in [0.3, 0.4) is 0 Å². The number of aromatic amines is 1. The second-order valence-electron chi connectivity index (χ2n) is 6.63. The van der Waals surface area contributed by atoms with E-state index in [2.05, 4.69) is 31.5 Å². The number of hydrogen-bond donors (Lipinski definition) is 3. The maximum absolute atomic E-state index is 13.0. The van der Waals surface area contributed by atoms with Gasteiger partial charge in [0.05, 0.1) is 0 Å². The number of rotatable bonds is 5. The molecule has 6 heteroatoms. The summed E-state index contributed by atoms with van der Waals surface area (Å²) in [6.07, 6.45) is 3.48. The Morgan fingerprint density at radius 2 is 1.67 bits per heavy atom. The normalized spacial score (nSPS) is 11.3. The second kappa shape index (κ2) is 8.80. The fourth-order valence-electron chi connectivity index (χ4n) is 3.08. The zero-order valence-corrected chi connectivity index (χ0v) is 17.4. The summed E-state index contributed by atoms with van der Waals surface area (Å²) in [5, 5.41) is 6.55. The van der Waals surface area contributed by atoms with Crippen molar-refractivity contribution in [3.05, 3.63) is 106 Å². The number of carbonyl (C=O) groups is 2. The molecule has 3 N–H and O–H groups in total. The standard InChI is InChI=1S/C24H18BrN3O2/c25-18-9-6-10-19(14-18)27-24(30)22(28-23(29)16-7-2-1-3-8-16)13-17-15-26-21-12-5-4-11-20(17)21/h1-15,26H,(H,27,30)(H,28,29). The molecular formula is C24H18BrN3O2. The van der Waals surface area contributed by atoms with Crippen LogP contribution in [0.2, 0.25) is 0 Å². The molecule has 1 aromatic heterocycles. The molecule has 4 aromatic rings. The topological polar surface area (TPSA) is 74.0 Å². The van der Waals surface area contributed by atoms with E-state index in [-0.39, 0.29) is 11.6 Å². The highest BCUT2D eigenvalue weighted by Gasteiger charge is 2.16. The summed E-state index contributed by atoms with van der Waals surface area (Å²) < 4.78 is 0.843. The lowest BCUT2D eigenvalue weighted by Gasteiger charge is -2.11. The Hall–Kier alpha value is -3.64. The quantitative estimate of drug-likeness (QED) is 0.352. The number of nitrogens with one attached hydrogen (secondary N) is 3. The Labute approximate surface area is 181 Å². The van der Waals surface area contributed by atoms with E-state index in [1.54, 1.807) is 42.5 Å². The summed E-state index contributed by atoms with van der Waals surface area (Å²) in [6.45, 7) is 0. The van der Waals surface area contributed by atoms with Gasteiger partial charge in [-0.15, -0.1) is 0 Å². The summed E-state index contributed by atoms with van der Waals surface area (Å²) in [6, 6.07) is 23.8. The van der Waals surface area contributed by atoms with Crippen molar-refractivity contribution in [1.82, 2.24) is 10.3 Å². The third kappa shape index (κ3) is 4.50. The summed E-state index contributed by atoms with van der Waals surface area (Å²) in [5.74, 6) is -0.770. The molecule has 1 heterocycles. The molecule has 0 radical (unpaired) electrons. The molecule has 0 bridgehead atoms. The first kappa shape index (κ1) is 19.7. The van der Waals surface area contributed by atoms with Crippen LogP contribution in [0.15, 0.2) is 95.2 Å². The van der Waals surface area contributed by atoms with Crippen molar-refractivity contribution in [3.8, 4) is 0 Å². The van der Waals surface area contributed by atoms with Crippen LogP contribution in [-0.2, 0) is 4.79 Å². The molecule has 0 atom stereocenters. The zero-order chi connectivity index (χ0) is 20.9. The third-order valence-electron chi connectivity index (χ3n) is 4.53. The van der Waals surface area contributed by atoms with Crippen molar-refractivity contribution >= 4 is 50.4 Å². The number of fused-ring (bicyclic) bond motifs is 1. The minimum absolute atomic E-state index is 0.147. The van der Waals surface area contributed by atoms with Crippen molar-refractivity contribution < 1.29 is 9.59 Å². The van der Waals surface area contributed by atoms with Gasteiger partial charge in [-0.1, -0.05) is 58.4 Å². The average molecular weight is 460 g/mol. The highest BCUT2D eigenvalue weighted by molar-refractivity contribution is 9.10. The smallest absolute Gasteiger partial charge is 0.272 e. The second-order valence-corrected chi connectivity index (χ2v) is 7.55. The fourth-order valence-corrected chi connectivity index (χ4v) is 3.48. The molecule has 148 valence electrons. The number of anilines is 1. The molecule has 5 nitrogen and oxygen atoms in total. The number of H-pyrrole nitrogens is 1. The minimum atomic E-state index is -0.414. The van der Waals surface area contributed by atoms with Crippen LogP contribution in [0.4, 0.5) is 5.69 Å². The summed E-state index contributed by atoms with van der Waals surface area (Å²) >= 11 is 3.40. The first-order valence-electron chi connectivity index (χ1n) is 9.31. The van der Waals surface area contributed by atoms with Gasteiger partial charge in [0.15, 0.2) is 0 Å². The number of amides is 2. The number of benzene rings is 3. The van der Waals surface area contributed by atoms with E-state index in [0.29, 0.717) is 11.3 Å². The largest absolute Gasteiger partial charge is 0.361 e. The summed E-state index contributed by atoms with van der Waals surface area (Å²) in [4.78, 5) is 28.9. The number of hydrogen-bond acceptors (Lipinski definition) is 2. The average Bonchev–Trinajstić information content (AvgIpc) is 3.17. The van der Waals surface area contributed by atoms with Gasteiger partial charge in [-0.2, -0.15) is 0 Å². The first-order chi connectivity index (χ1) is 14.6. The maximum atomic E-state index is 13.0. The van der Waals surface area contributed by atoms with E-state index in [9.17, 15) is 9.59 Å². The predicted molar refractivity (Wildman–Crippen MR) is 123 cm³/mol. The van der Waals surface area contributed by atoms with Crippen molar-refractivity contribution in [2.45, 2.75) is 0 Å². The van der Waals surface area contributed by atoms with Crippen molar-refractivity contribution in [2.24, 2.45) is 0 Å². The van der Waals surface area contributed by atoms with Gasteiger partial charge in [0.25, 0.3) is 11.8 Å². The molecular weight excluding hydrogens is 442 g/mol. The van der Waals surface area contributed by atoms with Gasteiger partial charge >= 0.3 is 0 Å². The molecule has 2 amide bonds. The molecule has 0 saturated heterocycles. The number of halogens is 1. The van der Waals surface area contributed by atoms with Crippen molar-refractivity contribution in [1.29, 1.82) is 0 Å². The van der Waals surface area contributed by atoms with Crippen LogP contribution in [0, 0.1) is 0 Å². The molecule has 0 aliphatic rings. The fraction of sp³-hybridized carbons (Fsp3) is 0. The zero-order valence-electron chi connectivity index (χ0n) is 15.9. The molecule has 3 aromatic carbocycles. The lowest BCUT2D eigenvalue weighted by atomic mass is 10.1. The molecule has 0 unspecified atom stereocenters. The van der Waals surface area contributed by atoms with Gasteiger partial charge in [0, 0.05) is 38.4 Å². The Balaban J connectivity index is 1.68. The van der Waals surface area contributed by atoms with Crippen LogP contribution in [0.5, 0.6) is 0 Å². The van der Waals surface area contributed by atoms with E-state index in [4.69, 9.17) is 0 Å². The summed E-state index contributed by atoms with van der Waals surface area (Å²) in [5.41, 5.74) is 2.99. The molecule has 30 heavy (non-hydrogen) atoms. The van der Waals surface area contributed by atoms with Gasteiger partial charge in [-0.3, -0.25) is 9.59 Å². The van der Waals surface area contributed by atoms with Gasteiger partial charge in [-0.25, -0.2) is 0 Å². The molecule has 0 aliphatic carbocycles. The molecule has 4 rings (SSSR count). The number of para-hydroxylation sites is 1. The van der Waals surface area contributed by atoms with Crippen molar-refractivity contribution in [2.75, 3.05) is 5.32 Å². The van der Waals surface area contributed by atoms with Crippen molar-refractivity contribution in [3.63, 3.8) is 0 Å². The Morgan fingerprint density at radius 3 is 2.47 bits per heavy atom. The minimum Gasteiger partial charge on any atom is -0.361 e. The Kier molecular flexibility index (Phi) is 5.77. The number of aromatic nitrogens is 1.